The van der Waals surface area contributed by atoms with Crippen LogP contribution in [-0.4, -0.2) is 65.3 Å². The number of amides is 1. The number of nitrogens with zero attached hydrogens (tertiary/aromatic N) is 1. The summed E-state index contributed by atoms with van der Waals surface area (Å²) < 4.78 is 37.2. The predicted molar refractivity (Wildman–Crippen MR) is 128 cm³/mol. The number of fused-ring (bicyclic) bond motifs is 3. The Bertz CT molecular complexity index is 1070. The van der Waals surface area contributed by atoms with E-state index in [1.54, 1.807) is 0 Å². The van der Waals surface area contributed by atoms with Crippen molar-refractivity contribution in [3.8, 4) is 0 Å². The Morgan fingerprint density at radius 3 is 2.06 bits per heavy atom. The van der Waals surface area contributed by atoms with Crippen molar-refractivity contribution in [2.45, 2.75) is 88.7 Å². The number of hydrogen-bond acceptors (Lipinski definition) is 7. The maximum absolute atomic E-state index is 13.8. The molecule has 4 aliphatic rings. The van der Waals surface area contributed by atoms with Crippen LogP contribution < -0.4 is 0 Å². The van der Waals surface area contributed by atoms with E-state index in [0.29, 0.717) is 13.1 Å². The highest BCUT2D eigenvalue weighted by Crippen LogP contribution is 2.53. The molecular formula is C28H33NO7. The topological polar surface area (TPSA) is 79.0 Å². The molecule has 2 aromatic carbocycles. The molecule has 4 heterocycles. The summed E-state index contributed by atoms with van der Waals surface area (Å²) in [6.07, 6.45) is -2.58. The summed E-state index contributed by atoms with van der Waals surface area (Å²) in [6, 6.07) is 19.9. The Morgan fingerprint density at radius 1 is 0.833 bits per heavy atom. The molecule has 0 bridgehead atoms. The minimum absolute atomic E-state index is 0.108. The molecule has 6 atom stereocenters. The van der Waals surface area contributed by atoms with E-state index >= 15 is 0 Å². The van der Waals surface area contributed by atoms with Crippen LogP contribution in [0.3, 0.4) is 0 Å². The molecule has 8 nitrogen and oxygen atoms in total. The van der Waals surface area contributed by atoms with Crippen molar-refractivity contribution in [2.24, 2.45) is 0 Å². The third-order valence-electron chi connectivity index (χ3n) is 7.08. The van der Waals surface area contributed by atoms with Crippen LogP contribution in [0.1, 0.15) is 38.8 Å². The molecule has 0 N–H and O–H groups in total. The Balaban J connectivity index is 1.25. The predicted octanol–water partition coefficient (Wildman–Crippen LogP) is 3.38. The van der Waals surface area contributed by atoms with Gasteiger partial charge in [0.15, 0.2) is 23.8 Å². The highest BCUT2D eigenvalue weighted by atomic mass is 16.9. The number of carbonyl (C=O) groups excluding carboxylic acids is 1. The zero-order chi connectivity index (χ0) is 25.1. The van der Waals surface area contributed by atoms with Gasteiger partial charge in [0.05, 0.1) is 6.61 Å². The number of epoxide rings is 1. The van der Waals surface area contributed by atoms with E-state index in [1.807, 2.05) is 93.3 Å². The third kappa shape index (κ3) is 4.36. The van der Waals surface area contributed by atoms with Gasteiger partial charge in [0.25, 0.3) is 5.91 Å². The average Bonchev–Trinajstić information content (AvgIpc) is 3.50. The molecule has 2 aromatic rings. The van der Waals surface area contributed by atoms with Crippen molar-refractivity contribution < 1.29 is 33.2 Å². The van der Waals surface area contributed by atoms with Crippen LogP contribution in [0.25, 0.3) is 0 Å². The van der Waals surface area contributed by atoms with E-state index < -0.39 is 35.7 Å². The van der Waals surface area contributed by atoms with Crippen LogP contribution in [0.4, 0.5) is 0 Å². The molecule has 4 aliphatic heterocycles. The van der Waals surface area contributed by atoms with Gasteiger partial charge >= 0.3 is 0 Å². The Hall–Kier alpha value is -2.33. The van der Waals surface area contributed by atoms with Gasteiger partial charge in [0.2, 0.25) is 5.79 Å². The molecule has 192 valence electrons. The summed E-state index contributed by atoms with van der Waals surface area (Å²) in [7, 11) is 0. The fraction of sp³-hybridized carbons (Fsp3) is 0.536. The lowest BCUT2D eigenvalue weighted by atomic mass is 9.93. The van der Waals surface area contributed by atoms with Gasteiger partial charge in [0, 0.05) is 13.1 Å². The first-order valence-corrected chi connectivity index (χ1v) is 12.6. The lowest BCUT2D eigenvalue weighted by Crippen LogP contribution is -2.62. The van der Waals surface area contributed by atoms with E-state index in [4.69, 9.17) is 28.4 Å². The quantitative estimate of drug-likeness (QED) is 0.569. The van der Waals surface area contributed by atoms with Crippen LogP contribution >= 0.6 is 0 Å². The Labute approximate surface area is 211 Å². The number of hydrogen-bond donors (Lipinski definition) is 0. The average molecular weight is 496 g/mol. The lowest BCUT2D eigenvalue weighted by Gasteiger charge is -2.40. The summed E-state index contributed by atoms with van der Waals surface area (Å²) >= 11 is 0. The highest BCUT2D eigenvalue weighted by molar-refractivity contribution is 5.84. The minimum atomic E-state index is -1.25. The van der Waals surface area contributed by atoms with Crippen molar-refractivity contribution in [1.29, 1.82) is 0 Å². The van der Waals surface area contributed by atoms with Gasteiger partial charge in [-0.05, 0) is 38.8 Å². The maximum atomic E-state index is 13.8. The SMILES string of the molecule is CC1(C)O[C@@H]2[C@@H](CO[C@@]3([C@@H]4O[C@H]4C(=O)N(Cc4ccccc4)Cc4ccccc4)OC(C)(C)O[C@@H]23)O1. The van der Waals surface area contributed by atoms with Crippen molar-refractivity contribution >= 4 is 5.91 Å². The molecule has 0 saturated carbocycles. The van der Waals surface area contributed by atoms with Gasteiger partial charge in [-0.3, -0.25) is 4.79 Å². The van der Waals surface area contributed by atoms with Crippen molar-refractivity contribution in [3.05, 3.63) is 71.8 Å². The number of ether oxygens (including phenoxy) is 6. The van der Waals surface area contributed by atoms with E-state index in [2.05, 4.69) is 0 Å². The van der Waals surface area contributed by atoms with Gasteiger partial charge in [0.1, 0.15) is 18.3 Å². The van der Waals surface area contributed by atoms with Crippen LogP contribution in [0.5, 0.6) is 0 Å². The molecule has 0 unspecified atom stereocenters. The molecule has 4 saturated heterocycles. The zero-order valence-corrected chi connectivity index (χ0v) is 21.1. The van der Waals surface area contributed by atoms with E-state index in [1.165, 1.54) is 0 Å². The minimum Gasteiger partial charge on any atom is -0.353 e. The van der Waals surface area contributed by atoms with Crippen LogP contribution in [0.15, 0.2) is 60.7 Å². The maximum Gasteiger partial charge on any atom is 0.255 e. The van der Waals surface area contributed by atoms with Gasteiger partial charge in [-0.25, -0.2) is 0 Å². The standard InChI is InChI=1S/C28H33NO7/c1-26(2)33-20-17-31-28(24(21(20)34-26)35-27(3,4)36-28)23-22(32-23)25(30)29(15-18-11-7-5-8-12-18)16-19-13-9-6-10-14-19/h5-14,20-24H,15-17H2,1-4H3/t20-,21-,22-,23-,24+,28+/m1/s1. The molecule has 36 heavy (non-hydrogen) atoms. The van der Waals surface area contributed by atoms with Gasteiger partial charge < -0.3 is 33.3 Å². The molecule has 8 heteroatoms. The molecular weight excluding hydrogens is 462 g/mol. The molecule has 4 fully saturated rings. The normalized spacial score (nSPS) is 35.6. The fourth-order valence-corrected chi connectivity index (χ4v) is 5.63. The molecule has 0 aromatic heterocycles. The summed E-state index contributed by atoms with van der Waals surface area (Å²) in [6.45, 7) is 8.63. The number of carbonyl (C=O) groups is 1. The van der Waals surface area contributed by atoms with Gasteiger partial charge in [-0.1, -0.05) is 60.7 Å². The summed E-state index contributed by atoms with van der Waals surface area (Å²) in [5, 5.41) is 0. The van der Waals surface area contributed by atoms with Crippen molar-refractivity contribution in [2.75, 3.05) is 6.61 Å². The summed E-state index contributed by atoms with van der Waals surface area (Å²) in [5.74, 6) is -3.04. The highest BCUT2D eigenvalue weighted by Gasteiger charge is 2.74. The molecule has 0 aliphatic carbocycles. The van der Waals surface area contributed by atoms with Crippen LogP contribution in [-0.2, 0) is 46.3 Å². The Kier molecular flexibility index (Phi) is 5.75. The van der Waals surface area contributed by atoms with Crippen molar-refractivity contribution in [1.82, 2.24) is 4.90 Å². The smallest absolute Gasteiger partial charge is 0.255 e. The van der Waals surface area contributed by atoms with E-state index in [9.17, 15) is 4.79 Å². The summed E-state index contributed by atoms with van der Waals surface area (Å²) in [5.41, 5.74) is 2.10. The first kappa shape index (κ1) is 24.0. The molecule has 0 spiro atoms. The van der Waals surface area contributed by atoms with Crippen LogP contribution in [0.2, 0.25) is 0 Å². The second-order valence-corrected chi connectivity index (χ2v) is 10.9. The van der Waals surface area contributed by atoms with E-state index in [0.717, 1.165) is 11.1 Å². The zero-order valence-electron chi connectivity index (χ0n) is 21.1. The second kappa shape index (κ2) is 8.62. The lowest BCUT2D eigenvalue weighted by molar-refractivity contribution is -0.289. The monoisotopic (exact) mass is 495 g/mol. The largest absolute Gasteiger partial charge is 0.353 e. The summed E-state index contributed by atoms with van der Waals surface area (Å²) in [4.78, 5) is 15.7. The number of rotatable bonds is 6. The molecule has 1 amide bonds. The molecule has 6 rings (SSSR count). The van der Waals surface area contributed by atoms with Gasteiger partial charge in [-0.15, -0.1) is 0 Å². The Morgan fingerprint density at radius 2 is 1.44 bits per heavy atom. The van der Waals surface area contributed by atoms with Gasteiger partial charge in [-0.2, -0.15) is 0 Å². The fourth-order valence-electron chi connectivity index (χ4n) is 5.63. The second-order valence-electron chi connectivity index (χ2n) is 10.9. The third-order valence-corrected chi connectivity index (χ3v) is 7.08. The molecule has 0 radical (unpaired) electrons. The number of benzene rings is 2. The van der Waals surface area contributed by atoms with Crippen LogP contribution in [0, 0.1) is 0 Å². The first-order chi connectivity index (χ1) is 17.2. The van der Waals surface area contributed by atoms with E-state index in [-0.39, 0.29) is 24.7 Å². The van der Waals surface area contributed by atoms with Crippen molar-refractivity contribution in [3.63, 3.8) is 0 Å². The first-order valence-electron chi connectivity index (χ1n) is 12.6.